The number of esters is 3. The van der Waals surface area contributed by atoms with Gasteiger partial charge in [0.1, 0.15) is 34.5 Å². The van der Waals surface area contributed by atoms with Crippen LogP contribution in [0.1, 0.15) is 31.1 Å². The summed E-state index contributed by atoms with van der Waals surface area (Å²) in [6.07, 6.45) is 0. The van der Waals surface area contributed by atoms with Crippen molar-refractivity contribution in [3.05, 3.63) is 108 Å². The summed E-state index contributed by atoms with van der Waals surface area (Å²) in [6, 6.07) is 17.0. The molecule has 0 spiro atoms. The molecule has 0 atom stereocenters. The molecular formula is C30H18F6O9. The van der Waals surface area contributed by atoms with Crippen LogP contribution in [0.3, 0.4) is 0 Å². The lowest BCUT2D eigenvalue weighted by molar-refractivity contribution is -0.0505. The van der Waals surface area contributed by atoms with E-state index in [4.69, 9.17) is 14.2 Å². The molecule has 0 saturated heterocycles. The van der Waals surface area contributed by atoms with Gasteiger partial charge in [0.25, 0.3) is 0 Å². The fraction of sp³-hybridized carbons (Fsp3) is 0.100. The normalized spacial score (nSPS) is 10.9. The quantitative estimate of drug-likeness (QED) is 0.0911. The summed E-state index contributed by atoms with van der Waals surface area (Å²) in [5.41, 5.74) is -0.664. The first-order chi connectivity index (χ1) is 21.4. The van der Waals surface area contributed by atoms with Crippen LogP contribution in [0, 0.1) is 0 Å². The largest absolute Gasteiger partial charge is 0.435 e. The highest BCUT2D eigenvalue weighted by molar-refractivity contribution is 5.93. The molecule has 0 aliphatic rings. The van der Waals surface area contributed by atoms with Gasteiger partial charge in [-0.15, -0.1) is 0 Å². The minimum absolute atomic E-state index is 0.221. The van der Waals surface area contributed by atoms with Gasteiger partial charge < -0.3 is 28.4 Å². The molecule has 0 bridgehead atoms. The third kappa shape index (κ3) is 9.64. The topological polar surface area (TPSA) is 107 Å². The summed E-state index contributed by atoms with van der Waals surface area (Å²) in [4.78, 5) is 38.3. The van der Waals surface area contributed by atoms with Gasteiger partial charge in [-0.05, 0) is 54.6 Å². The summed E-state index contributed by atoms with van der Waals surface area (Å²) in [5.74, 6) is -5.35. The van der Waals surface area contributed by atoms with Crippen molar-refractivity contribution in [2.24, 2.45) is 0 Å². The highest BCUT2D eigenvalue weighted by Crippen LogP contribution is 2.31. The van der Waals surface area contributed by atoms with E-state index in [1.807, 2.05) is 0 Å². The number of hydrogen-bond donors (Lipinski definition) is 0. The Balaban J connectivity index is 1.62. The highest BCUT2D eigenvalue weighted by atomic mass is 19.3. The molecule has 234 valence electrons. The van der Waals surface area contributed by atoms with E-state index in [9.17, 15) is 40.7 Å². The summed E-state index contributed by atoms with van der Waals surface area (Å²) in [5, 5.41) is 0. The minimum Gasteiger partial charge on any atom is -0.435 e. The van der Waals surface area contributed by atoms with Crippen LogP contribution in [-0.4, -0.2) is 37.7 Å². The molecule has 0 aromatic heterocycles. The number of benzene rings is 4. The molecular weight excluding hydrogens is 618 g/mol. The standard InChI is InChI=1S/C30H18F6O9/c31-28(32)43-19-7-1-4-16(10-19)25(37)40-22-13-23(41-26(38)17-5-2-8-20(11-17)44-29(33)34)15-24(14-22)42-27(39)18-6-3-9-21(12-18)45-30(35)36/h1-15,28-30H. The Bertz CT molecular complexity index is 1470. The zero-order valence-corrected chi connectivity index (χ0v) is 22.3. The number of rotatable bonds is 12. The van der Waals surface area contributed by atoms with Gasteiger partial charge >= 0.3 is 37.7 Å². The van der Waals surface area contributed by atoms with Crippen molar-refractivity contribution in [3.8, 4) is 34.5 Å². The molecule has 0 saturated carbocycles. The molecule has 0 fully saturated rings. The molecule has 4 aromatic rings. The van der Waals surface area contributed by atoms with Gasteiger partial charge in [-0.2, -0.15) is 26.3 Å². The van der Waals surface area contributed by atoms with Crippen LogP contribution in [0.4, 0.5) is 26.3 Å². The summed E-state index contributed by atoms with van der Waals surface area (Å²) < 4.78 is 104. The summed E-state index contributed by atoms with van der Waals surface area (Å²) in [7, 11) is 0. The zero-order valence-electron chi connectivity index (χ0n) is 22.3. The molecule has 0 N–H and O–H groups in total. The zero-order chi connectivity index (χ0) is 32.5. The van der Waals surface area contributed by atoms with Crippen molar-refractivity contribution < 1.29 is 69.1 Å². The number of carbonyl (C=O) groups excluding carboxylic acids is 3. The van der Waals surface area contributed by atoms with Gasteiger partial charge in [0, 0.05) is 18.2 Å². The van der Waals surface area contributed by atoms with Crippen molar-refractivity contribution in [1.82, 2.24) is 0 Å². The third-order valence-corrected chi connectivity index (χ3v) is 5.37. The maximum absolute atomic E-state index is 12.8. The number of hydrogen-bond acceptors (Lipinski definition) is 9. The number of carbonyl (C=O) groups is 3. The lowest BCUT2D eigenvalue weighted by Gasteiger charge is -2.12. The smallest absolute Gasteiger partial charge is 0.387 e. The van der Waals surface area contributed by atoms with Gasteiger partial charge in [-0.3, -0.25) is 0 Å². The average molecular weight is 636 g/mol. The first-order valence-corrected chi connectivity index (χ1v) is 12.4. The fourth-order valence-electron chi connectivity index (χ4n) is 3.62. The van der Waals surface area contributed by atoms with Gasteiger partial charge in [0.2, 0.25) is 0 Å². The lowest BCUT2D eigenvalue weighted by atomic mass is 10.2. The Kier molecular flexibility index (Phi) is 10.5. The maximum atomic E-state index is 12.8. The maximum Gasteiger partial charge on any atom is 0.387 e. The van der Waals surface area contributed by atoms with Gasteiger partial charge in [0.05, 0.1) is 16.7 Å². The van der Waals surface area contributed by atoms with Crippen LogP contribution in [-0.2, 0) is 0 Å². The Morgan fingerprint density at radius 1 is 0.400 bits per heavy atom. The molecule has 0 aliphatic carbocycles. The van der Waals surface area contributed by atoms with E-state index < -0.39 is 37.7 Å². The second-order valence-electron chi connectivity index (χ2n) is 8.53. The Hall–Kier alpha value is -5.73. The predicted molar refractivity (Wildman–Crippen MR) is 141 cm³/mol. The van der Waals surface area contributed by atoms with E-state index in [1.54, 1.807) is 0 Å². The van der Waals surface area contributed by atoms with Crippen molar-refractivity contribution in [2.75, 3.05) is 0 Å². The Morgan fingerprint density at radius 2 is 0.667 bits per heavy atom. The van der Waals surface area contributed by atoms with E-state index >= 15 is 0 Å². The number of ether oxygens (including phenoxy) is 6. The van der Waals surface area contributed by atoms with Crippen LogP contribution >= 0.6 is 0 Å². The van der Waals surface area contributed by atoms with E-state index in [0.717, 1.165) is 36.4 Å². The lowest BCUT2D eigenvalue weighted by Crippen LogP contribution is -2.13. The molecule has 0 amide bonds. The molecule has 4 aromatic carbocycles. The molecule has 15 heteroatoms. The molecule has 0 radical (unpaired) electrons. The van der Waals surface area contributed by atoms with Crippen molar-refractivity contribution in [2.45, 2.75) is 19.8 Å². The second kappa shape index (κ2) is 14.6. The first-order valence-electron chi connectivity index (χ1n) is 12.4. The van der Waals surface area contributed by atoms with Crippen LogP contribution < -0.4 is 28.4 Å². The van der Waals surface area contributed by atoms with E-state index in [-0.39, 0.29) is 51.2 Å². The third-order valence-electron chi connectivity index (χ3n) is 5.37. The fourth-order valence-corrected chi connectivity index (χ4v) is 3.62. The van der Waals surface area contributed by atoms with Crippen LogP contribution in [0.25, 0.3) is 0 Å². The van der Waals surface area contributed by atoms with Crippen LogP contribution in [0.5, 0.6) is 34.5 Å². The van der Waals surface area contributed by atoms with E-state index in [0.29, 0.717) is 0 Å². The molecule has 4 rings (SSSR count). The first kappa shape index (κ1) is 32.2. The Labute approximate surface area is 249 Å². The SMILES string of the molecule is O=C(Oc1cc(OC(=O)c2cccc(OC(F)F)c2)cc(OC(=O)c2cccc(OC(F)F)c2)c1)c1cccc(OC(F)F)c1. The molecule has 0 heterocycles. The van der Waals surface area contributed by atoms with Crippen LogP contribution in [0.15, 0.2) is 91.0 Å². The molecule has 0 aliphatic heterocycles. The minimum atomic E-state index is -3.16. The van der Waals surface area contributed by atoms with Crippen LogP contribution in [0.2, 0.25) is 0 Å². The van der Waals surface area contributed by atoms with Gasteiger partial charge in [-0.1, -0.05) is 18.2 Å². The highest BCUT2D eigenvalue weighted by Gasteiger charge is 2.19. The van der Waals surface area contributed by atoms with Crippen molar-refractivity contribution >= 4 is 17.9 Å². The number of halogens is 6. The van der Waals surface area contributed by atoms with Gasteiger partial charge in [0.15, 0.2) is 0 Å². The summed E-state index contributed by atoms with van der Waals surface area (Å²) in [6.45, 7) is -9.49. The molecule has 45 heavy (non-hydrogen) atoms. The predicted octanol–water partition coefficient (Wildman–Crippen LogP) is 7.15. The van der Waals surface area contributed by atoms with Crippen molar-refractivity contribution in [1.29, 1.82) is 0 Å². The Morgan fingerprint density at radius 3 is 0.911 bits per heavy atom. The average Bonchev–Trinajstić information content (AvgIpc) is 2.96. The number of alkyl halides is 6. The van der Waals surface area contributed by atoms with E-state index in [1.165, 1.54) is 54.6 Å². The van der Waals surface area contributed by atoms with Crippen molar-refractivity contribution in [3.63, 3.8) is 0 Å². The summed E-state index contributed by atoms with van der Waals surface area (Å²) >= 11 is 0. The second-order valence-corrected chi connectivity index (χ2v) is 8.53. The van der Waals surface area contributed by atoms with E-state index in [2.05, 4.69) is 14.2 Å². The van der Waals surface area contributed by atoms with Gasteiger partial charge in [-0.25, -0.2) is 14.4 Å². The monoisotopic (exact) mass is 636 g/mol. The molecule has 9 nitrogen and oxygen atoms in total. The molecule has 0 unspecified atom stereocenters.